The molecular formula is C45H69N5O8S. The van der Waals surface area contributed by atoms with Crippen molar-refractivity contribution >= 4 is 46.4 Å². The predicted molar refractivity (Wildman–Crippen MR) is 232 cm³/mol. The van der Waals surface area contributed by atoms with Gasteiger partial charge in [0.15, 0.2) is 0 Å². The Kier molecular flexibility index (Phi) is 16.7. The molecule has 2 bridgehead atoms. The van der Waals surface area contributed by atoms with Crippen LogP contribution in [0.25, 0.3) is 0 Å². The van der Waals surface area contributed by atoms with E-state index < -0.39 is 65.5 Å². The fourth-order valence-corrected chi connectivity index (χ4v) is 9.15. The molecule has 4 amide bonds. The van der Waals surface area contributed by atoms with Gasteiger partial charge in [-0.1, -0.05) is 66.7 Å². The third-order valence-corrected chi connectivity index (χ3v) is 13.3. The molecule has 0 unspecified atom stereocenters. The number of hydrogen-bond donors (Lipinski definition) is 2. The van der Waals surface area contributed by atoms with E-state index in [9.17, 15) is 29.1 Å². The lowest BCUT2D eigenvalue weighted by Gasteiger charge is -2.38. The molecule has 3 aliphatic rings. The predicted octanol–water partition coefficient (Wildman–Crippen LogP) is 5.28. The summed E-state index contributed by atoms with van der Waals surface area (Å²) in [4.78, 5) is 80.2. The number of esters is 1. The van der Waals surface area contributed by atoms with E-state index in [4.69, 9.17) is 14.5 Å². The molecule has 1 aromatic carbocycles. The van der Waals surface area contributed by atoms with Crippen molar-refractivity contribution in [2.75, 3.05) is 33.5 Å². The van der Waals surface area contributed by atoms with Crippen molar-refractivity contribution in [2.24, 2.45) is 28.2 Å². The second kappa shape index (κ2) is 20.6. The highest BCUT2D eigenvalue weighted by atomic mass is 32.2. The lowest BCUT2D eigenvalue weighted by molar-refractivity contribution is -0.165. The zero-order valence-corrected chi connectivity index (χ0v) is 38.1. The van der Waals surface area contributed by atoms with Crippen LogP contribution in [-0.2, 0) is 35.1 Å². The summed E-state index contributed by atoms with van der Waals surface area (Å²) in [6.07, 6.45) is 3.17. The molecule has 1 aromatic rings. The van der Waals surface area contributed by atoms with E-state index in [1.54, 1.807) is 62.9 Å². The van der Waals surface area contributed by atoms with Gasteiger partial charge in [0, 0.05) is 44.3 Å². The van der Waals surface area contributed by atoms with Crippen molar-refractivity contribution in [3.63, 3.8) is 0 Å². The molecule has 0 saturated carbocycles. The molecule has 0 aliphatic carbocycles. The number of aliphatic hydroxyl groups excluding tert-OH is 1. The highest BCUT2D eigenvalue weighted by Crippen LogP contribution is 2.34. The number of thioether (sulfide) groups is 1. The summed E-state index contributed by atoms with van der Waals surface area (Å²) in [5, 5.41) is 15.2. The first-order chi connectivity index (χ1) is 27.6. The molecule has 9 atom stereocenters. The van der Waals surface area contributed by atoms with Gasteiger partial charge in [0.25, 0.3) is 0 Å². The average molecular weight is 840 g/mol. The summed E-state index contributed by atoms with van der Waals surface area (Å²) >= 11 is 1.56. The van der Waals surface area contributed by atoms with Crippen LogP contribution in [0.3, 0.4) is 0 Å². The number of aliphatic imine (C=N–C) groups is 1. The van der Waals surface area contributed by atoms with Gasteiger partial charge in [-0.05, 0) is 80.9 Å². The first kappa shape index (κ1) is 47.8. The molecule has 0 radical (unpaired) electrons. The Labute approximate surface area is 356 Å². The third-order valence-electron chi connectivity index (χ3n) is 12.0. The Balaban J connectivity index is 1.73. The maximum atomic E-state index is 14.5. The minimum absolute atomic E-state index is 0.00215. The summed E-state index contributed by atoms with van der Waals surface area (Å²) in [5.41, 5.74) is 0.759. The summed E-state index contributed by atoms with van der Waals surface area (Å²) < 4.78 is 11.6. The molecule has 14 heteroatoms. The monoisotopic (exact) mass is 839 g/mol. The first-order valence-corrected chi connectivity index (χ1v) is 22.2. The Bertz CT molecular complexity index is 1720. The van der Waals surface area contributed by atoms with E-state index in [0.717, 1.165) is 10.6 Å². The van der Waals surface area contributed by atoms with Gasteiger partial charge in [0.05, 0.1) is 24.3 Å². The van der Waals surface area contributed by atoms with Crippen molar-refractivity contribution in [1.29, 1.82) is 0 Å². The number of benzene rings is 1. The van der Waals surface area contributed by atoms with Crippen molar-refractivity contribution < 1.29 is 38.6 Å². The number of hydrogen-bond acceptors (Lipinski definition) is 10. The van der Waals surface area contributed by atoms with Crippen LogP contribution in [0.2, 0.25) is 0 Å². The number of aliphatic hydroxyl groups is 1. The topological polar surface area (TPSA) is 158 Å². The zero-order chi connectivity index (χ0) is 43.9. The van der Waals surface area contributed by atoms with E-state index in [-0.39, 0.29) is 36.1 Å². The van der Waals surface area contributed by atoms with Crippen LogP contribution in [0, 0.1) is 23.2 Å². The van der Waals surface area contributed by atoms with E-state index in [2.05, 4.69) is 5.32 Å². The van der Waals surface area contributed by atoms with Crippen LogP contribution < -0.4 is 10.1 Å². The number of fused-ring (bicyclic) bond motifs is 2. The molecular weight excluding hydrogens is 771 g/mol. The van der Waals surface area contributed by atoms with Crippen LogP contribution in [0.1, 0.15) is 100.0 Å². The number of methoxy groups -OCH3 is 1. The van der Waals surface area contributed by atoms with Crippen molar-refractivity contribution in [3.8, 4) is 5.75 Å². The van der Waals surface area contributed by atoms with Crippen molar-refractivity contribution in [1.82, 2.24) is 20.0 Å². The molecule has 1 fully saturated rings. The Morgan fingerprint density at radius 2 is 1.64 bits per heavy atom. The number of carbonyl (C=O) groups excluding carboxylic acids is 5. The van der Waals surface area contributed by atoms with E-state index >= 15 is 0 Å². The van der Waals surface area contributed by atoms with Crippen LogP contribution in [-0.4, -0.2) is 130 Å². The largest absolute Gasteiger partial charge is 0.497 e. The van der Waals surface area contributed by atoms with Crippen molar-refractivity contribution in [3.05, 3.63) is 41.5 Å². The molecule has 4 rings (SSSR count). The summed E-state index contributed by atoms with van der Waals surface area (Å²) in [6.45, 7) is 17.7. The SMILES string of the molecule is COc1ccc(C[C@@H]2NC(=O)/C(C)=C\[C@@H]3CSC(=N3)[C@@H](C)[C@@H](O)C[C@H](C)C[C@@H](C(C)(C)C)OC(=O)[C@@H]3CCCN3C(=O)[C@H](CC(C)C)N(C)C(=O)[C@H](C)N(C)C2=O)cc1. The molecule has 3 aliphatic heterocycles. The number of ether oxygens (including phenoxy) is 2. The van der Waals surface area contributed by atoms with Gasteiger partial charge in [-0.15, -0.1) is 11.8 Å². The van der Waals surface area contributed by atoms with Crippen LogP contribution in [0.15, 0.2) is 40.9 Å². The summed E-state index contributed by atoms with van der Waals surface area (Å²) in [6, 6.07) is 3.20. The molecule has 59 heavy (non-hydrogen) atoms. The maximum Gasteiger partial charge on any atom is 0.329 e. The second-order valence-electron chi connectivity index (χ2n) is 18.4. The minimum atomic E-state index is -1.03. The number of cyclic esters (lactones) is 1. The van der Waals surface area contributed by atoms with Gasteiger partial charge in [-0.25, -0.2) is 4.79 Å². The van der Waals surface area contributed by atoms with Gasteiger partial charge in [-0.3, -0.25) is 24.2 Å². The molecule has 0 spiro atoms. The summed E-state index contributed by atoms with van der Waals surface area (Å²) in [7, 11) is 4.67. The Hall–Kier alpha value is -3.91. The standard InChI is InChI=1S/C45H69N5O8S/c1-26(2)20-36-43(55)50-19-13-14-35(50)44(56)58-38(45(7,8)9)22-27(3)21-37(51)29(5)40-46-32(25-59-40)23-28(4)39(52)47-34(24-31-15-17-33(57-12)18-16-31)42(54)48(10)30(6)41(53)49(36)11/h15-18,23,26-27,29-30,32,34-38,51H,13-14,19-22,24-25H2,1-12H3,(H,47,52)/b28-23-/t27-,29-,30-,32+,34-,35-,36-,37-,38-/m0/s1. The van der Waals surface area contributed by atoms with Crippen LogP contribution in [0.4, 0.5) is 0 Å². The van der Waals surface area contributed by atoms with E-state index in [0.29, 0.717) is 55.7 Å². The van der Waals surface area contributed by atoms with Gasteiger partial charge in [0.2, 0.25) is 23.6 Å². The smallest absolute Gasteiger partial charge is 0.329 e. The minimum Gasteiger partial charge on any atom is -0.497 e. The Morgan fingerprint density at radius 3 is 2.25 bits per heavy atom. The van der Waals surface area contributed by atoms with Gasteiger partial charge >= 0.3 is 5.97 Å². The fourth-order valence-electron chi connectivity index (χ4n) is 8.01. The Morgan fingerprint density at radius 1 is 0.983 bits per heavy atom. The molecule has 2 N–H and O–H groups in total. The number of carbonyl (C=O) groups is 5. The van der Waals surface area contributed by atoms with Gasteiger partial charge in [0.1, 0.15) is 36.0 Å². The quantitative estimate of drug-likeness (QED) is 0.377. The lowest BCUT2D eigenvalue weighted by atomic mass is 9.81. The van der Waals surface area contributed by atoms with E-state index in [1.807, 2.05) is 60.6 Å². The van der Waals surface area contributed by atoms with Gasteiger partial charge in [-0.2, -0.15) is 0 Å². The first-order valence-electron chi connectivity index (χ1n) is 21.2. The molecule has 0 aromatic heterocycles. The molecule has 13 nitrogen and oxygen atoms in total. The second-order valence-corrected chi connectivity index (χ2v) is 19.4. The molecule has 1 saturated heterocycles. The molecule has 328 valence electrons. The number of amides is 4. The molecule has 3 heterocycles. The van der Waals surface area contributed by atoms with Crippen LogP contribution >= 0.6 is 11.8 Å². The lowest BCUT2D eigenvalue weighted by Crippen LogP contribution is -2.58. The highest BCUT2D eigenvalue weighted by molar-refractivity contribution is 8.14. The van der Waals surface area contributed by atoms with E-state index in [1.165, 1.54) is 16.8 Å². The zero-order valence-electron chi connectivity index (χ0n) is 37.3. The highest BCUT2D eigenvalue weighted by Gasteiger charge is 2.43. The van der Waals surface area contributed by atoms with Gasteiger partial charge < -0.3 is 34.6 Å². The number of nitrogens with zero attached hydrogens (tertiary/aromatic N) is 4. The summed E-state index contributed by atoms with van der Waals surface area (Å²) in [5.74, 6) is -1.11. The number of rotatable bonds is 5. The van der Waals surface area contributed by atoms with Crippen LogP contribution in [0.5, 0.6) is 5.75 Å². The average Bonchev–Trinajstić information content (AvgIpc) is 3.87. The normalized spacial score (nSPS) is 31.2. The third kappa shape index (κ3) is 12.3. The van der Waals surface area contributed by atoms with Crippen molar-refractivity contribution in [2.45, 2.75) is 143 Å². The number of likely N-dealkylation sites (N-methyl/N-ethyl adjacent to an activating group) is 2. The fraction of sp³-hybridized carbons (Fsp3) is 0.689. The maximum absolute atomic E-state index is 14.5. The number of nitrogens with one attached hydrogen (secondary N) is 1.